The van der Waals surface area contributed by atoms with Crippen molar-refractivity contribution in [3.05, 3.63) is 216 Å². The van der Waals surface area contributed by atoms with Crippen LogP contribution < -0.4 is 15.2 Å². The Morgan fingerprint density at radius 3 is 1.33 bits per heavy atom. The maximum atomic E-state index is 13.0. The molecule has 2 atom stereocenters. The molecule has 8 aromatic rings. The first-order valence-electron chi connectivity index (χ1n) is 21.8. The smallest absolute Gasteiger partial charge is 0.200 e. The van der Waals surface area contributed by atoms with Gasteiger partial charge in [-0.15, -0.1) is 23.2 Å². The topological polar surface area (TPSA) is 139 Å². The second kappa shape index (κ2) is 25.6. The zero-order valence-corrected chi connectivity index (χ0v) is 38.6. The molecule has 6 aromatic carbocycles. The molecule has 0 aliphatic heterocycles. The van der Waals surface area contributed by atoms with Crippen LogP contribution in [-0.4, -0.2) is 58.2 Å². The number of nitrogens with zero attached hydrogens (tertiary/aromatic N) is 2. The molecule has 0 saturated heterocycles. The van der Waals surface area contributed by atoms with Crippen LogP contribution in [-0.2, 0) is 22.4 Å². The molecule has 67 heavy (non-hydrogen) atoms. The zero-order valence-electron chi connectivity index (χ0n) is 37.1. The Balaban J connectivity index is 0.000000209. The van der Waals surface area contributed by atoms with E-state index in [1.165, 1.54) is 0 Å². The van der Waals surface area contributed by atoms with Gasteiger partial charge in [0.1, 0.15) is 23.1 Å². The van der Waals surface area contributed by atoms with Crippen molar-refractivity contribution in [2.75, 3.05) is 25.1 Å². The SMILES string of the molecule is CCC(C(=O)Cc1ccc2cnccc2c1)c1ccc(OCC(=O)c2ccccc2)cc1.ClCCl.NCC(C(=O)Cc1ccc2cnccc2c1)c1ccc(OCC(=O)c2ccccc2)cc1. The molecule has 0 bridgehead atoms. The number of Topliss-reactive ketones (excluding diaryl/α,β-unsaturated/α-hetero) is 4. The van der Waals surface area contributed by atoms with E-state index in [0.29, 0.717) is 35.5 Å². The lowest BCUT2D eigenvalue weighted by atomic mass is 9.88. The monoisotopic (exact) mass is 931 g/mol. The third-order valence-corrected chi connectivity index (χ3v) is 11.1. The first-order valence-corrected chi connectivity index (χ1v) is 22.9. The van der Waals surface area contributed by atoms with Gasteiger partial charge < -0.3 is 15.2 Å². The van der Waals surface area contributed by atoms with Crippen LogP contribution in [0.5, 0.6) is 11.5 Å². The lowest BCUT2D eigenvalue weighted by molar-refractivity contribution is -0.120. The fraction of sp³-hybridized carbons (Fsp3) is 0.179. The molecule has 8 rings (SSSR count). The molecule has 0 aliphatic carbocycles. The largest absolute Gasteiger partial charge is 0.485 e. The van der Waals surface area contributed by atoms with Crippen LogP contribution in [0.25, 0.3) is 21.5 Å². The van der Waals surface area contributed by atoms with Crippen molar-refractivity contribution in [3.8, 4) is 11.5 Å². The van der Waals surface area contributed by atoms with Gasteiger partial charge in [0.25, 0.3) is 0 Å². The van der Waals surface area contributed by atoms with Crippen molar-refractivity contribution in [1.82, 2.24) is 9.97 Å². The van der Waals surface area contributed by atoms with Crippen LogP contribution in [0.2, 0.25) is 0 Å². The highest BCUT2D eigenvalue weighted by molar-refractivity contribution is 6.40. The Morgan fingerprint density at radius 2 is 0.925 bits per heavy atom. The summed E-state index contributed by atoms with van der Waals surface area (Å²) in [5.41, 5.74) is 10.9. The predicted molar refractivity (Wildman–Crippen MR) is 268 cm³/mol. The number of halogens is 2. The number of benzene rings is 6. The fourth-order valence-corrected chi connectivity index (χ4v) is 7.54. The number of ketones is 4. The van der Waals surface area contributed by atoms with E-state index < -0.39 is 5.92 Å². The van der Waals surface area contributed by atoms with Crippen LogP contribution in [0.4, 0.5) is 0 Å². The normalized spacial score (nSPS) is 11.5. The van der Waals surface area contributed by atoms with Crippen molar-refractivity contribution < 1.29 is 28.7 Å². The Kier molecular flexibility index (Phi) is 18.9. The number of hydrogen-bond donors (Lipinski definition) is 1. The fourth-order valence-electron chi connectivity index (χ4n) is 7.54. The molecule has 340 valence electrons. The van der Waals surface area contributed by atoms with Crippen molar-refractivity contribution in [2.24, 2.45) is 5.73 Å². The summed E-state index contributed by atoms with van der Waals surface area (Å²) in [6.45, 7) is 2.19. The van der Waals surface area contributed by atoms with Crippen LogP contribution in [0.15, 0.2) is 183 Å². The Morgan fingerprint density at radius 1 is 0.522 bits per heavy atom. The summed E-state index contributed by atoms with van der Waals surface area (Å²) in [7, 11) is 0. The molecule has 0 spiro atoms. The van der Waals surface area contributed by atoms with Crippen LogP contribution >= 0.6 is 23.2 Å². The van der Waals surface area contributed by atoms with Gasteiger partial charge in [-0.25, -0.2) is 0 Å². The summed E-state index contributed by atoms with van der Waals surface area (Å²) >= 11 is 9.53. The number of aromatic nitrogens is 2. The maximum Gasteiger partial charge on any atom is 0.200 e. The van der Waals surface area contributed by atoms with Gasteiger partial charge in [-0.05, 0) is 75.8 Å². The third-order valence-electron chi connectivity index (χ3n) is 11.1. The number of pyridine rings is 2. The van der Waals surface area contributed by atoms with Crippen LogP contribution in [0.3, 0.4) is 0 Å². The summed E-state index contributed by atoms with van der Waals surface area (Å²) in [4.78, 5) is 58.7. The molecule has 2 unspecified atom stereocenters. The number of ether oxygens (including phenoxy) is 2. The van der Waals surface area contributed by atoms with Gasteiger partial charge in [0.2, 0.25) is 0 Å². The van der Waals surface area contributed by atoms with Gasteiger partial charge in [0.15, 0.2) is 24.8 Å². The van der Waals surface area contributed by atoms with Crippen molar-refractivity contribution in [2.45, 2.75) is 38.0 Å². The van der Waals surface area contributed by atoms with E-state index in [2.05, 4.69) is 16.0 Å². The minimum Gasteiger partial charge on any atom is -0.485 e. The molecule has 0 amide bonds. The standard InChI is InChI=1S/C28H25NO3.C27H24N2O3.CH2Cl2/c1-2-26(27(30)17-20-8-9-24-18-29-15-14-23(24)16-20)21-10-12-25(13-11-21)32-19-28(31)22-6-4-3-5-7-22;28-16-25(26(30)15-19-6-7-23-17-29-13-12-22(23)14-19)20-8-10-24(11-9-20)32-18-27(31)21-4-2-1-3-5-21;2-1-3/h3-16,18,26H,2,17,19H2,1H3;1-14,17,25H,15-16,18,28H2;1H2. The average molecular weight is 933 g/mol. The van der Waals surface area contributed by atoms with Gasteiger partial charge >= 0.3 is 0 Å². The van der Waals surface area contributed by atoms with Gasteiger partial charge in [0.05, 0.1) is 11.3 Å². The second-order valence-electron chi connectivity index (χ2n) is 15.5. The maximum absolute atomic E-state index is 13.0. The first kappa shape index (κ1) is 49.4. The van der Waals surface area contributed by atoms with E-state index in [4.69, 9.17) is 38.4 Å². The molecular formula is C56H51Cl2N3O6. The number of carbonyl (C=O) groups excluding carboxylic acids is 4. The van der Waals surface area contributed by atoms with E-state index in [9.17, 15) is 19.2 Å². The van der Waals surface area contributed by atoms with Crippen LogP contribution in [0.1, 0.15) is 68.2 Å². The molecule has 0 saturated carbocycles. The Bertz CT molecular complexity index is 2660. The molecule has 2 N–H and O–H groups in total. The summed E-state index contributed by atoms with van der Waals surface area (Å²) in [5, 5.41) is 4.45. The Labute approximate surface area is 400 Å². The quantitative estimate of drug-likeness (QED) is 0.0658. The minimum absolute atomic E-state index is 0.0169. The summed E-state index contributed by atoms with van der Waals surface area (Å²) < 4.78 is 11.3. The third kappa shape index (κ3) is 14.5. The number of carbonyl (C=O) groups is 4. The average Bonchev–Trinajstić information content (AvgIpc) is 3.37. The molecule has 9 nitrogen and oxygen atoms in total. The molecule has 0 aliphatic rings. The highest BCUT2D eigenvalue weighted by atomic mass is 35.5. The first-order chi connectivity index (χ1) is 32.7. The van der Waals surface area contributed by atoms with Gasteiger partial charge in [-0.3, -0.25) is 29.1 Å². The van der Waals surface area contributed by atoms with Gasteiger partial charge in [-0.1, -0.05) is 128 Å². The molecule has 11 heteroatoms. The molecule has 2 heterocycles. The number of nitrogens with two attached hydrogens (primary N) is 1. The van der Waals surface area contributed by atoms with E-state index >= 15 is 0 Å². The van der Waals surface area contributed by atoms with Crippen molar-refractivity contribution in [1.29, 1.82) is 0 Å². The second-order valence-corrected chi connectivity index (χ2v) is 16.4. The number of rotatable bonds is 18. The van der Waals surface area contributed by atoms with E-state index in [0.717, 1.165) is 50.2 Å². The number of fused-ring (bicyclic) bond motifs is 2. The number of alkyl halides is 2. The highest BCUT2D eigenvalue weighted by Crippen LogP contribution is 2.27. The summed E-state index contributed by atoms with van der Waals surface area (Å²) in [6.07, 6.45) is 8.56. The molecule has 0 radical (unpaired) electrons. The lowest BCUT2D eigenvalue weighted by Crippen LogP contribution is -2.23. The summed E-state index contributed by atoms with van der Waals surface area (Å²) in [5.74, 6) is 0.708. The van der Waals surface area contributed by atoms with Crippen LogP contribution in [0, 0.1) is 0 Å². The number of hydrogen-bond acceptors (Lipinski definition) is 9. The van der Waals surface area contributed by atoms with E-state index in [-0.39, 0.29) is 54.1 Å². The van der Waals surface area contributed by atoms with Crippen molar-refractivity contribution >= 4 is 67.9 Å². The molecule has 2 aromatic heterocycles. The molecular weight excluding hydrogens is 882 g/mol. The van der Waals surface area contributed by atoms with E-state index in [1.54, 1.807) is 55.0 Å². The Hall–Kier alpha value is -7.04. The summed E-state index contributed by atoms with van der Waals surface area (Å²) in [6, 6.07) is 48.7. The zero-order chi connectivity index (χ0) is 47.4. The predicted octanol–water partition coefficient (Wildman–Crippen LogP) is 11.6. The van der Waals surface area contributed by atoms with Gasteiger partial charge in [0, 0.05) is 72.0 Å². The lowest BCUT2D eigenvalue weighted by Gasteiger charge is -2.15. The highest BCUT2D eigenvalue weighted by Gasteiger charge is 2.21. The van der Waals surface area contributed by atoms with Crippen molar-refractivity contribution in [3.63, 3.8) is 0 Å². The van der Waals surface area contributed by atoms with E-state index in [1.807, 2.05) is 128 Å². The molecule has 0 fully saturated rings. The minimum atomic E-state index is -0.400. The van der Waals surface area contributed by atoms with Gasteiger partial charge in [-0.2, -0.15) is 0 Å².